The van der Waals surface area contributed by atoms with Gasteiger partial charge in [0, 0.05) is 5.54 Å². The SMILES string of the molecule is CC(C)(C(=O)NC(C)(C)C1CC1)C(N)=S. The van der Waals surface area contributed by atoms with Gasteiger partial charge in [-0.05, 0) is 46.5 Å². The molecule has 0 spiro atoms. The average Bonchev–Trinajstić information content (AvgIpc) is 2.84. The van der Waals surface area contributed by atoms with Gasteiger partial charge >= 0.3 is 0 Å². The molecule has 0 aliphatic heterocycles. The molecule has 0 bridgehead atoms. The Morgan fingerprint density at radius 3 is 2.13 bits per heavy atom. The number of hydrogen-bond donors (Lipinski definition) is 2. The molecule has 3 nitrogen and oxygen atoms in total. The predicted octanol–water partition coefficient (Wildman–Crippen LogP) is 1.60. The fourth-order valence-electron chi connectivity index (χ4n) is 1.47. The second-order valence-electron chi connectivity index (χ2n) is 5.44. The highest BCUT2D eigenvalue weighted by atomic mass is 32.1. The number of rotatable bonds is 4. The van der Waals surface area contributed by atoms with E-state index in [9.17, 15) is 4.79 Å². The third-order valence-electron chi connectivity index (χ3n) is 3.22. The second kappa shape index (κ2) is 3.74. The van der Waals surface area contributed by atoms with Gasteiger partial charge in [-0.2, -0.15) is 0 Å². The van der Waals surface area contributed by atoms with Crippen LogP contribution in [-0.2, 0) is 4.79 Å². The standard InChI is InChI=1S/C11H20N2OS/c1-10(2,8(12)15)9(14)13-11(3,4)7-5-6-7/h7H,5-6H2,1-4H3,(H2,12,15)(H,13,14). The van der Waals surface area contributed by atoms with Crippen LogP contribution in [0.2, 0.25) is 0 Å². The summed E-state index contributed by atoms with van der Waals surface area (Å²) in [5.41, 5.74) is 4.65. The number of thiocarbonyl (C=S) groups is 1. The van der Waals surface area contributed by atoms with Gasteiger partial charge < -0.3 is 11.1 Å². The van der Waals surface area contributed by atoms with Crippen molar-refractivity contribution in [2.45, 2.75) is 46.1 Å². The molecule has 0 aromatic heterocycles. The zero-order valence-corrected chi connectivity index (χ0v) is 10.7. The molecule has 1 aliphatic rings. The van der Waals surface area contributed by atoms with Crippen molar-refractivity contribution in [3.8, 4) is 0 Å². The molecule has 1 aliphatic carbocycles. The third kappa shape index (κ3) is 2.68. The van der Waals surface area contributed by atoms with E-state index in [0.29, 0.717) is 5.92 Å². The number of carbonyl (C=O) groups is 1. The summed E-state index contributed by atoms with van der Waals surface area (Å²) in [6.45, 7) is 7.62. The largest absolute Gasteiger partial charge is 0.392 e. The Bertz CT molecular complexity index is 293. The lowest BCUT2D eigenvalue weighted by atomic mass is 9.89. The van der Waals surface area contributed by atoms with E-state index < -0.39 is 5.41 Å². The molecule has 86 valence electrons. The van der Waals surface area contributed by atoms with Crippen LogP contribution in [-0.4, -0.2) is 16.4 Å². The van der Waals surface area contributed by atoms with Gasteiger partial charge in [0.05, 0.1) is 10.4 Å². The lowest BCUT2D eigenvalue weighted by Gasteiger charge is -2.31. The van der Waals surface area contributed by atoms with Gasteiger partial charge in [-0.25, -0.2) is 0 Å². The molecule has 3 N–H and O–H groups in total. The summed E-state index contributed by atoms with van der Waals surface area (Å²) in [6.07, 6.45) is 2.39. The van der Waals surface area contributed by atoms with E-state index in [2.05, 4.69) is 19.2 Å². The highest BCUT2D eigenvalue weighted by Gasteiger charge is 2.42. The van der Waals surface area contributed by atoms with E-state index in [-0.39, 0.29) is 16.4 Å². The first-order valence-electron chi connectivity index (χ1n) is 5.30. The van der Waals surface area contributed by atoms with Gasteiger partial charge in [0.15, 0.2) is 0 Å². The molecule has 4 heteroatoms. The molecule has 0 unspecified atom stereocenters. The van der Waals surface area contributed by atoms with Crippen LogP contribution in [0.3, 0.4) is 0 Å². The molecule has 0 aromatic carbocycles. The van der Waals surface area contributed by atoms with Crippen LogP contribution < -0.4 is 11.1 Å². The summed E-state index contributed by atoms with van der Waals surface area (Å²) in [5.74, 6) is 0.524. The van der Waals surface area contributed by atoms with Crippen molar-refractivity contribution in [3.63, 3.8) is 0 Å². The van der Waals surface area contributed by atoms with Crippen molar-refractivity contribution in [1.29, 1.82) is 0 Å². The molecule has 0 atom stereocenters. The minimum Gasteiger partial charge on any atom is -0.392 e. The third-order valence-corrected chi connectivity index (χ3v) is 3.73. The first-order valence-corrected chi connectivity index (χ1v) is 5.71. The Balaban J connectivity index is 2.66. The lowest BCUT2D eigenvalue weighted by molar-refractivity contribution is -0.128. The molecule has 0 aromatic rings. The topological polar surface area (TPSA) is 55.1 Å². The fourth-order valence-corrected chi connectivity index (χ4v) is 1.56. The first kappa shape index (κ1) is 12.4. The summed E-state index contributed by atoms with van der Waals surface area (Å²) >= 11 is 4.90. The maximum atomic E-state index is 12.0. The van der Waals surface area contributed by atoms with Crippen molar-refractivity contribution in [2.24, 2.45) is 17.1 Å². The normalized spacial score (nSPS) is 17.3. The van der Waals surface area contributed by atoms with E-state index in [1.54, 1.807) is 13.8 Å². The van der Waals surface area contributed by atoms with Crippen LogP contribution in [0.4, 0.5) is 0 Å². The van der Waals surface area contributed by atoms with E-state index >= 15 is 0 Å². The molecular weight excluding hydrogens is 208 g/mol. The first-order chi connectivity index (χ1) is 6.68. The summed E-state index contributed by atoms with van der Waals surface area (Å²) in [5, 5.41) is 3.03. The molecule has 1 fully saturated rings. The van der Waals surface area contributed by atoms with Crippen LogP contribution in [0.1, 0.15) is 40.5 Å². The monoisotopic (exact) mass is 228 g/mol. The maximum absolute atomic E-state index is 12.0. The van der Waals surface area contributed by atoms with Gasteiger partial charge in [-0.1, -0.05) is 12.2 Å². The van der Waals surface area contributed by atoms with E-state index in [4.69, 9.17) is 18.0 Å². The highest BCUT2D eigenvalue weighted by Crippen LogP contribution is 2.39. The summed E-state index contributed by atoms with van der Waals surface area (Å²) < 4.78 is 0. The Labute approximate surface area is 96.8 Å². The molecule has 0 heterocycles. The van der Waals surface area contributed by atoms with Crippen LogP contribution >= 0.6 is 12.2 Å². The van der Waals surface area contributed by atoms with Gasteiger partial charge in [-0.15, -0.1) is 0 Å². The quantitative estimate of drug-likeness (QED) is 0.719. The van der Waals surface area contributed by atoms with Gasteiger partial charge in [0.2, 0.25) is 5.91 Å². The smallest absolute Gasteiger partial charge is 0.232 e. The predicted molar refractivity (Wildman–Crippen MR) is 65.5 cm³/mol. The van der Waals surface area contributed by atoms with Gasteiger partial charge in [-0.3, -0.25) is 4.79 Å². The van der Waals surface area contributed by atoms with Crippen LogP contribution in [0.25, 0.3) is 0 Å². The summed E-state index contributed by atoms with van der Waals surface area (Å²) in [6, 6.07) is 0. The van der Waals surface area contributed by atoms with Crippen molar-refractivity contribution >= 4 is 23.1 Å². The highest BCUT2D eigenvalue weighted by molar-refractivity contribution is 7.80. The van der Waals surface area contributed by atoms with Crippen molar-refractivity contribution < 1.29 is 4.79 Å². The minimum atomic E-state index is -0.762. The van der Waals surface area contributed by atoms with Crippen molar-refractivity contribution in [1.82, 2.24) is 5.32 Å². The number of nitrogens with two attached hydrogens (primary N) is 1. The maximum Gasteiger partial charge on any atom is 0.232 e. The molecule has 1 rings (SSSR count). The Kier molecular flexibility index (Phi) is 3.10. The van der Waals surface area contributed by atoms with Gasteiger partial charge in [0.25, 0.3) is 0 Å². The molecule has 0 saturated heterocycles. The summed E-state index contributed by atoms with van der Waals surface area (Å²) in [4.78, 5) is 12.2. The molecule has 15 heavy (non-hydrogen) atoms. The molecule has 1 amide bonds. The number of hydrogen-bond acceptors (Lipinski definition) is 2. The van der Waals surface area contributed by atoms with E-state index in [1.807, 2.05) is 0 Å². The number of nitrogens with one attached hydrogen (secondary N) is 1. The Morgan fingerprint density at radius 1 is 1.33 bits per heavy atom. The van der Waals surface area contributed by atoms with Gasteiger partial charge in [0.1, 0.15) is 0 Å². The average molecular weight is 228 g/mol. The fraction of sp³-hybridized carbons (Fsp3) is 0.818. The van der Waals surface area contributed by atoms with E-state index in [1.165, 1.54) is 12.8 Å². The number of amides is 1. The molecular formula is C11H20N2OS. The van der Waals surface area contributed by atoms with Crippen molar-refractivity contribution in [3.05, 3.63) is 0 Å². The van der Waals surface area contributed by atoms with Crippen LogP contribution in [0, 0.1) is 11.3 Å². The minimum absolute atomic E-state index is 0.0769. The zero-order chi connectivity index (χ0) is 11.9. The lowest BCUT2D eigenvalue weighted by Crippen LogP contribution is -2.53. The van der Waals surface area contributed by atoms with E-state index in [0.717, 1.165) is 0 Å². The molecule has 0 radical (unpaired) electrons. The second-order valence-corrected chi connectivity index (χ2v) is 5.88. The van der Waals surface area contributed by atoms with Crippen LogP contribution in [0.15, 0.2) is 0 Å². The van der Waals surface area contributed by atoms with Crippen LogP contribution in [0.5, 0.6) is 0 Å². The zero-order valence-electron chi connectivity index (χ0n) is 9.89. The molecule has 1 saturated carbocycles. The Hall–Kier alpha value is -0.640. The summed E-state index contributed by atoms with van der Waals surface area (Å²) in [7, 11) is 0. The Morgan fingerprint density at radius 2 is 1.80 bits per heavy atom. The number of carbonyl (C=O) groups excluding carboxylic acids is 1. The van der Waals surface area contributed by atoms with Crippen molar-refractivity contribution in [2.75, 3.05) is 0 Å².